The van der Waals surface area contributed by atoms with Gasteiger partial charge in [0.25, 0.3) is 0 Å². The number of hydrogen-bond acceptors (Lipinski definition) is 9. The van der Waals surface area contributed by atoms with E-state index in [-0.39, 0.29) is 33.8 Å². The Bertz CT molecular complexity index is 5460. The van der Waals surface area contributed by atoms with E-state index in [0.717, 1.165) is 140 Å². The molecule has 0 saturated carbocycles. The fourth-order valence-electron chi connectivity index (χ4n) is 17.0. The van der Waals surface area contributed by atoms with Crippen LogP contribution in [0.4, 0.5) is 34.1 Å². The molecular weight excluding hydrogens is 1770 g/mol. The van der Waals surface area contributed by atoms with Gasteiger partial charge in [-0.25, -0.2) is 35.5 Å². The Balaban J connectivity index is 0.000000194. The van der Waals surface area contributed by atoms with Gasteiger partial charge < -0.3 is 10.2 Å². The van der Waals surface area contributed by atoms with Crippen molar-refractivity contribution >= 4 is 135 Å². The second kappa shape index (κ2) is 45.5. The van der Waals surface area contributed by atoms with Crippen molar-refractivity contribution in [3.63, 3.8) is 0 Å². The van der Waals surface area contributed by atoms with Gasteiger partial charge in [0, 0.05) is 77.9 Å². The van der Waals surface area contributed by atoms with Gasteiger partial charge in [0.05, 0.1) is 74.2 Å². The Labute approximate surface area is 777 Å². The molecule has 0 amide bonds. The van der Waals surface area contributed by atoms with Crippen LogP contribution in [0.3, 0.4) is 0 Å². The molecule has 12 aromatic rings. The summed E-state index contributed by atoms with van der Waals surface area (Å²) < 4.78 is 0. The van der Waals surface area contributed by atoms with Crippen molar-refractivity contribution in [3.8, 4) is 0 Å². The van der Waals surface area contributed by atoms with Gasteiger partial charge in [-0.2, -0.15) is 6.08 Å². The fourth-order valence-corrected chi connectivity index (χ4v) is 17.0. The second-order valence-electron chi connectivity index (χ2n) is 32.3. The number of carbonyl (C=O) groups excluding carboxylic acids is 1. The molecule has 15 rings (SSSR count). The maximum Gasteiger partial charge on any atom is 0.0102 e. The van der Waals surface area contributed by atoms with Gasteiger partial charge in [0.15, 0.2) is 5.78 Å². The summed E-state index contributed by atoms with van der Waals surface area (Å²) in [6.07, 6.45) is 19.5. The third-order valence-electron chi connectivity index (χ3n) is 21.7. The second-order valence-corrected chi connectivity index (χ2v) is 37.3. The number of ketones is 1. The molecule has 9 nitrogen and oxygen atoms in total. The standard InChI is InChI=1S/3C34H32N2.C6H9O.C5H8O2.2BrH.2Ni/c3*1-7-11-25-17-21(3)31(22(4)18-25)35-33-28-15-9-13-27-14-10-16-29(30(27)28)34(33)36-32-23(5)19-26(12-8-2)20-24(32)6;1-5(2)4-6(3)7;1-4(6)3-5(2)7;;;;/h3*7-10,13-20H,1-2,11-12H2,3-6H3;1,4,7H,2-3H3;3,6H,1-2H3;2*1H;;/q;;;-1;;;;;+2/p-2. The summed E-state index contributed by atoms with van der Waals surface area (Å²) in [5, 5.41) is 24.2. The van der Waals surface area contributed by atoms with Crippen molar-refractivity contribution in [1.82, 2.24) is 0 Å². The summed E-state index contributed by atoms with van der Waals surface area (Å²) >= 11 is 6.00. The van der Waals surface area contributed by atoms with Crippen molar-refractivity contribution in [2.24, 2.45) is 30.0 Å². The number of aliphatic hydroxyl groups excluding tert-OH is 2. The van der Waals surface area contributed by atoms with Crippen LogP contribution in [0.1, 0.15) is 161 Å². The largest absolute Gasteiger partial charge is 0.531 e. The summed E-state index contributed by atoms with van der Waals surface area (Å²) in [6, 6.07) is 65.5. The van der Waals surface area contributed by atoms with Crippen LogP contribution < -0.4 is 0 Å². The molecule has 2 N–H and O–H groups in total. The molecule has 12 aromatic carbocycles. The van der Waals surface area contributed by atoms with Gasteiger partial charge in [-0.3, -0.25) is 11.4 Å². The van der Waals surface area contributed by atoms with Crippen LogP contribution in [0.25, 0.3) is 32.3 Å². The zero-order valence-electron chi connectivity index (χ0n) is 75.4. The Morgan fingerprint density at radius 2 is 0.460 bits per heavy atom. The number of benzene rings is 12. The number of nitrogens with zero attached hydrogens (tertiary/aromatic N) is 6. The molecule has 0 bridgehead atoms. The normalized spacial score (nSPS) is 14.0. The molecule has 3 aliphatic carbocycles. The molecule has 0 unspecified atom stereocenters. The van der Waals surface area contributed by atoms with E-state index in [4.69, 9.17) is 46.7 Å². The molecule has 0 heterocycles. The number of rotatable bonds is 20. The Morgan fingerprint density at radius 1 is 0.310 bits per heavy atom. The summed E-state index contributed by atoms with van der Waals surface area (Å²) in [6.45, 7) is 60.4. The first kappa shape index (κ1) is 98.1. The zero-order valence-corrected chi connectivity index (χ0v) is 80.5. The molecular formula is C113H113Br2N6Ni2O3-. The molecule has 0 spiro atoms. The van der Waals surface area contributed by atoms with E-state index in [2.05, 4.69) is 333 Å². The van der Waals surface area contributed by atoms with E-state index in [1.54, 1.807) is 13.8 Å². The molecule has 3 aliphatic rings. The van der Waals surface area contributed by atoms with Crippen molar-refractivity contribution in [1.29, 1.82) is 0 Å². The third kappa shape index (κ3) is 23.7. The number of allylic oxidation sites excluding steroid dienone is 11. The van der Waals surface area contributed by atoms with Crippen molar-refractivity contribution in [2.75, 3.05) is 0 Å². The number of hydrogen-bond donors (Lipinski definition) is 2. The quantitative estimate of drug-likeness (QED) is 0.0197. The number of aryl methyl sites for hydroxylation is 12. The third-order valence-corrected chi connectivity index (χ3v) is 21.7. The topological polar surface area (TPSA) is 132 Å². The van der Waals surface area contributed by atoms with Crippen molar-refractivity contribution in [3.05, 3.63) is 427 Å². The minimum atomic E-state index is -0.125. The summed E-state index contributed by atoms with van der Waals surface area (Å²) in [7, 11) is 1.25. The molecule has 0 saturated heterocycles. The first-order valence-corrected chi connectivity index (χ1v) is 46.8. The van der Waals surface area contributed by atoms with Crippen LogP contribution in [-0.4, -0.2) is 50.3 Å². The Hall–Kier alpha value is -11.7. The van der Waals surface area contributed by atoms with Crippen LogP contribution in [-0.2, 0) is 70.7 Å². The smallest absolute Gasteiger partial charge is 0.0102 e. The summed E-state index contributed by atoms with van der Waals surface area (Å²) in [5.41, 5.74) is 40.9. The van der Waals surface area contributed by atoms with Gasteiger partial charge in [-0.1, -0.05) is 225 Å². The predicted molar refractivity (Wildman–Crippen MR) is 543 cm³/mol. The SMILES string of the molecule is C=CCc1cc(C)c(N=C2C(=Nc3c(C)cc(CC=C)cc3C)c3cccc4cccc2c34)c(C)c1.C=CCc1cc(C)c(N=C2C(=Nc3c(C)cc(CC=C)cc3C)c3cccc4cccc2c34)c(C)c1.C=CCc1cc(C)c(N=C2C(=Nc3c(C)cc(CC=C)cc3C)c3cccc4cccc2c34)c(C)c1.CC(=O)C=C(C)O.[Br][Ni][Br].[CH-]=C(C)C=C(C)O.[Ni]. The average molecular weight is 1880 g/mol. The number of aliphatic imine (C=N–C) groups is 6. The minimum absolute atomic E-state index is 0. The molecule has 648 valence electrons. The zero-order chi connectivity index (χ0) is 90.6. The number of carbonyl (C=O) groups is 1. The Kier molecular flexibility index (Phi) is 35.4. The predicted octanol–water partition coefficient (Wildman–Crippen LogP) is 30.9. The molecule has 0 radical (unpaired) electrons. The molecule has 13 heteroatoms. The molecule has 0 atom stereocenters. The van der Waals surface area contributed by atoms with Crippen LogP contribution in [0, 0.1) is 89.7 Å². The average Bonchev–Trinajstić information content (AvgIpc) is 1.60. The van der Waals surface area contributed by atoms with Crippen molar-refractivity contribution < 1.29 is 42.4 Å². The van der Waals surface area contributed by atoms with Crippen LogP contribution in [0.5, 0.6) is 0 Å². The van der Waals surface area contributed by atoms with Crippen molar-refractivity contribution in [2.45, 2.75) is 149 Å². The van der Waals surface area contributed by atoms with Gasteiger partial charge >= 0.3 is 39.3 Å². The minimum Gasteiger partial charge on any atom is -0.531 e. The van der Waals surface area contributed by atoms with E-state index in [1.807, 2.05) is 36.5 Å². The molecule has 0 aromatic heterocycles. The van der Waals surface area contributed by atoms with E-state index in [1.165, 1.54) is 169 Å². The maximum absolute atomic E-state index is 10.0. The van der Waals surface area contributed by atoms with Crippen LogP contribution >= 0.6 is 28.5 Å². The van der Waals surface area contributed by atoms with E-state index < -0.39 is 0 Å². The van der Waals surface area contributed by atoms with Gasteiger partial charge in [0.2, 0.25) is 0 Å². The van der Waals surface area contributed by atoms with Crippen LogP contribution in [0.15, 0.2) is 317 Å². The van der Waals surface area contributed by atoms with Gasteiger partial charge in [0.1, 0.15) is 0 Å². The monoisotopic (exact) mass is 1880 g/mol. The van der Waals surface area contributed by atoms with E-state index in [9.17, 15) is 4.79 Å². The number of aliphatic hydroxyl groups is 2. The number of halogens is 2. The maximum atomic E-state index is 10.0. The van der Waals surface area contributed by atoms with Crippen LogP contribution in [0.2, 0.25) is 0 Å². The summed E-state index contributed by atoms with van der Waals surface area (Å²) in [4.78, 5) is 42.0. The molecule has 0 aliphatic heterocycles. The summed E-state index contributed by atoms with van der Waals surface area (Å²) in [5.74, 6) is 0.188. The first-order valence-electron chi connectivity index (χ1n) is 41.9. The first-order chi connectivity index (χ1) is 59.9. The molecule has 0 fully saturated rings. The fraction of sp³-hybridized carbons (Fsp3) is 0.195. The molecule has 126 heavy (non-hydrogen) atoms. The Morgan fingerprint density at radius 3 is 0.563 bits per heavy atom. The van der Waals surface area contributed by atoms with E-state index in [0.29, 0.717) is 5.57 Å². The van der Waals surface area contributed by atoms with E-state index >= 15 is 0 Å². The van der Waals surface area contributed by atoms with Gasteiger partial charge in [-0.15, -0.1) is 39.5 Å². The van der Waals surface area contributed by atoms with Gasteiger partial charge in [-0.05, 0) is 259 Å².